The Morgan fingerprint density at radius 3 is 3.00 bits per heavy atom. The van der Waals surface area contributed by atoms with Gasteiger partial charge in [0, 0.05) is 31.3 Å². The van der Waals surface area contributed by atoms with Crippen LogP contribution in [0, 0.1) is 0 Å². The number of nitrogens with zero attached hydrogens (tertiary/aromatic N) is 5. The topological polar surface area (TPSA) is 81.1 Å². The summed E-state index contributed by atoms with van der Waals surface area (Å²) in [5.74, 6) is -0.0742. The summed E-state index contributed by atoms with van der Waals surface area (Å²) in [5.41, 5.74) is 1.34. The van der Waals surface area contributed by atoms with Gasteiger partial charge in [0.05, 0.1) is 24.9 Å². The summed E-state index contributed by atoms with van der Waals surface area (Å²) in [6.07, 6.45) is 9.59. The first kappa shape index (κ1) is 14.5. The molecular weight excluding hydrogens is 282 g/mol. The normalized spacial score (nSPS) is 18.2. The molecule has 2 aromatic heterocycles. The van der Waals surface area contributed by atoms with Crippen LogP contribution in [0.25, 0.3) is 0 Å². The standard InChI is InChI=1S/C15H17N5O2/c21-15(14-3-4-17-11-19-14)20-7-8-22-10-13(20)2-1-12-9-16-5-6-18-12/h3-6,9,11,13H,1-2,7-8,10H2. The van der Waals surface area contributed by atoms with E-state index in [0.717, 1.165) is 18.5 Å². The molecule has 1 atom stereocenters. The van der Waals surface area contributed by atoms with Crippen molar-refractivity contribution in [2.75, 3.05) is 19.8 Å². The molecule has 2 aromatic rings. The van der Waals surface area contributed by atoms with Gasteiger partial charge in [-0.15, -0.1) is 0 Å². The number of rotatable bonds is 4. The lowest BCUT2D eigenvalue weighted by molar-refractivity contribution is -0.00444. The fraction of sp³-hybridized carbons (Fsp3) is 0.400. The molecule has 1 unspecified atom stereocenters. The Morgan fingerprint density at radius 1 is 1.27 bits per heavy atom. The van der Waals surface area contributed by atoms with Gasteiger partial charge < -0.3 is 9.64 Å². The molecule has 0 bridgehead atoms. The van der Waals surface area contributed by atoms with E-state index < -0.39 is 0 Å². The van der Waals surface area contributed by atoms with Crippen LogP contribution in [0.2, 0.25) is 0 Å². The Balaban J connectivity index is 1.67. The highest BCUT2D eigenvalue weighted by molar-refractivity contribution is 5.92. The minimum Gasteiger partial charge on any atom is -0.377 e. The number of aromatic nitrogens is 4. The van der Waals surface area contributed by atoms with E-state index in [1.165, 1.54) is 6.33 Å². The first-order chi connectivity index (χ1) is 10.8. The molecule has 1 amide bonds. The molecule has 22 heavy (non-hydrogen) atoms. The maximum absolute atomic E-state index is 12.6. The van der Waals surface area contributed by atoms with Crippen LogP contribution in [0.5, 0.6) is 0 Å². The average molecular weight is 299 g/mol. The number of ether oxygens (including phenoxy) is 1. The summed E-state index contributed by atoms with van der Waals surface area (Å²) < 4.78 is 5.52. The maximum Gasteiger partial charge on any atom is 0.272 e. The maximum atomic E-state index is 12.6. The van der Waals surface area contributed by atoms with E-state index in [9.17, 15) is 4.79 Å². The molecule has 1 saturated heterocycles. The third kappa shape index (κ3) is 3.43. The number of hydrogen-bond acceptors (Lipinski definition) is 6. The molecule has 0 N–H and O–H groups in total. The quantitative estimate of drug-likeness (QED) is 0.828. The second kappa shape index (κ2) is 7.04. The molecule has 3 rings (SSSR count). The van der Waals surface area contributed by atoms with Crippen LogP contribution >= 0.6 is 0 Å². The lowest BCUT2D eigenvalue weighted by Crippen LogP contribution is -2.49. The molecule has 0 spiro atoms. The van der Waals surface area contributed by atoms with Crippen LogP contribution in [0.4, 0.5) is 0 Å². The second-order valence-corrected chi connectivity index (χ2v) is 5.06. The highest BCUT2D eigenvalue weighted by atomic mass is 16.5. The van der Waals surface area contributed by atoms with Crippen LogP contribution in [-0.2, 0) is 11.2 Å². The van der Waals surface area contributed by atoms with Gasteiger partial charge in [0.15, 0.2) is 0 Å². The molecule has 3 heterocycles. The Labute approximate surface area is 128 Å². The molecule has 1 aliphatic rings. The van der Waals surface area contributed by atoms with E-state index in [1.807, 2.05) is 4.90 Å². The third-order valence-electron chi connectivity index (χ3n) is 3.64. The minimum atomic E-state index is -0.0742. The summed E-state index contributed by atoms with van der Waals surface area (Å²) in [6.45, 7) is 1.67. The summed E-state index contributed by atoms with van der Waals surface area (Å²) >= 11 is 0. The third-order valence-corrected chi connectivity index (χ3v) is 3.64. The van der Waals surface area contributed by atoms with Crippen molar-refractivity contribution in [3.05, 3.63) is 48.6 Å². The lowest BCUT2D eigenvalue weighted by Gasteiger charge is -2.35. The van der Waals surface area contributed by atoms with Gasteiger partial charge >= 0.3 is 0 Å². The highest BCUT2D eigenvalue weighted by Gasteiger charge is 2.28. The summed E-state index contributed by atoms with van der Waals surface area (Å²) in [4.78, 5) is 30.6. The number of carbonyl (C=O) groups excluding carboxylic acids is 1. The monoisotopic (exact) mass is 299 g/mol. The highest BCUT2D eigenvalue weighted by Crippen LogP contribution is 2.15. The Hall–Kier alpha value is -2.41. The van der Waals surface area contributed by atoms with E-state index in [2.05, 4.69) is 19.9 Å². The first-order valence-electron chi connectivity index (χ1n) is 7.24. The van der Waals surface area contributed by atoms with E-state index in [-0.39, 0.29) is 11.9 Å². The first-order valence-corrected chi connectivity index (χ1v) is 7.24. The van der Waals surface area contributed by atoms with E-state index >= 15 is 0 Å². The Morgan fingerprint density at radius 2 is 2.23 bits per heavy atom. The van der Waals surface area contributed by atoms with Crippen LogP contribution in [0.1, 0.15) is 22.6 Å². The van der Waals surface area contributed by atoms with Gasteiger partial charge in [-0.2, -0.15) is 0 Å². The predicted octanol–water partition coefficient (Wildman–Crippen LogP) is 0.740. The van der Waals surface area contributed by atoms with Crippen molar-refractivity contribution in [2.45, 2.75) is 18.9 Å². The lowest BCUT2D eigenvalue weighted by atomic mass is 10.1. The van der Waals surface area contributed by atoms with Crippen LogP contribution in [0.3, 0.4) is 0 Å². The average Bonchev–Trinajstić information content (AvgIpc) is 2.61. The minimum absolute atomic E-state index is 0.0261. The molecule has 7 nitrogen and oxygen atoms in total. The van der Waals surface area contributed by atoms with Gasteiger partial charge in [-0.25, -0.2) is 9.97 Å². The Kier molecular flexibility index (Phi) is 4.65. The molecule has 0 aliphatic carbocycles. The predicted molar refractivity (Wildman–Crippen MR) is 78.0 cm³/mol. The van der Waals surface area contributed by atoms with Crippen molar-refractivity contribution in [1.82, 2.24) is 24.8 Å². The summed E-state index contributed by atoms with van der Waals surface area (Å²) in [6, 6.07) is 1.66. The number of carbonyl (C=O) groups is 1. The molecule has 0 radical (unpaired) electrons. The molecule has 7 heteroatoms. The summed E-state index contributed by atoms with van der Waals surface area (Å²) in [7, 11) is 0. The molecule has 0 saturated carbocycles. The summed E-state index contributed by atoms with van der Waals surface area (Å²) in [5, 5.41) is 0. The SMILES string of the molecule is O=C(c1ccncn1)N1CCOCC1CCc1cnccn1. The van der Waals surface area contributed by atoms with Crippen LogP contribution in [-0.4, -0.2) is 56.5 Å². The van der Waals surface area contributed by atoms with Crippen molar-refractivity contribution >= 4 is 5.91 Å². The van der Waals surface area contributed by atoms with Crippen molar-refractivity contribution in [1.29, 1.82) is 0 Å². The number of amides is 1. The smallest absolute Gasteiger partial charge is 0.272 e. The zero-order chi connectivity index (χ0) is 15.2. The van der Waals surface area contributed by atoms with Crippen molar-refractivity contribution in [3.63, 3.8) is 0 Å². The van der Waals surface area contributed by atoms with E-state index in [0.29, 0.717) is 25.5 Å². The van der Waals surface area contributed by atoms with Crippen LogP contribution < -0.4 is 0 Å². The van der Waals surface area contributed by atoms with Crippen LogP contribution in [0.15, 0.2) is 37.2 Å². The molecule has 1 fully saturated rings. The van der Waals surface area contributed by atoms with Gasteiger partial charge in [-0.3, -0.25) is 14.8 Å². The van der Waals surface area contributed by atoms with Gasteiger partial charge in [0.1, 0.15) is 12.0 Å². The fourth-order valence-electron chi connectivity index (χ4n) is 2.50. The van der Waals surface area contributed by atoms with Gasteiger partial charge in [-0.1, -0.05) is 0 Å². The van der Waals surface area contributed by atoms with Gasteiger partial charge in [0.2, 0.25) is 0 Å². The zero-order valence-electron chi connectivity index (χ0n) is 12.1. The fourth-order valence-corrected chi connectivity index (χ4v) is 2.50. The Bertz CT molecular complexity index is 608. The second-order valence-electron chi connectivity index (χ2n) is 5.06. The van der Waals surface area contributed by atoms with Gasteiger partial charge in [0.25, 0.3) is 5.91 Å². The molecule has 0 aromatic carbocycles. The number of morpholine rings is 1. The largest absolute Gasteiger partial charge is 0.377 e. The number of aryl methyl sites for hydroxylation is 1. The molecule has 1 aliphatic heterocycles. The van der Waals surface area contributed by atoms with Crippen molar-refractivity contribution in [2.24, 2.45) is 0 Å². The van der Waals surface area contributed by atoms with Crippen molar-refractivity contribution < 1.29 is 9.53 Å². The molecule has 114 valence electrons. The van der Waals surface area contributed by atoms with E-state index in [4.69, 9.17) is 4.74 Å². The van der Waals surface area contributed by atoms with E-state index in [1.54, 1.807) is 30.9 Å². The van der Waals surface area contributed by atoms with Crippen molar-refractivity contribution in [3.8, 4) is 0 Å². The number of hydrogen-bond donors (Lipinski definition) is 0. The zero-order valence-corrected chi connectivity index (χ0v) is 12.1. The molecular formula is C15H17N5O2. The van der Waals surface area contributed by atoms with Gasteiger partial charge in [-0.05, 0) is 18.9 Å².